The molecule has 4 heteroatoms. The summed E-state index contributed by atoms with van der Waals surface area (Å²) in [6.07, 6.45) is 0. The van der Waals surface area contributed by atoms with E-state index in [4.69, 9.17) is 5.73 Å². The van der Waals surface area contributed by atoms with Crippen molar-refractivity contribution >= 4 is 18.3 Å². The molecule has 3 nitrogen and oxygen atoms in total. The van der Waals surface area contributed by atoms with E-state index in [0.29, 0.717) is 13.1 Å². The predicted molar refractivity (Wildman–Crippen MR) is 77.6 cm³/mol. The first kappa shape index (κ1) is 16.9. The van der Waals surface area contributed by atoms with Crippen molar-refractivity contribution in [2.24, 2.45) is 11.7 Å². The van der Waals surface area contributed by atoms with Gasteiger partial charge in [-0.2, -0.15) is 0 Å². The minimum Gasteiger partial charge on any atom is -0.337 e. The molecule has 0 aliphatic heterocycles. The molecule has 2 N–H and O–H groups in total. The Morgan fingerprint density at radius 3 is 2.28 bits per heavy atom. The molecule has 1 atom stereocenters. The number of amides is 1. The van der Waals surface area contributed by atoms with E-state index >= 15 is 0 Å². The van der Waals surface area contributed by atoms with Crippen LogP contribution in [-0.2, 0) is 11.3 Å². The predicted octanol–water partition coefficient (Wildman–Crippen LogP) is 2.44. The van der Waals surface area contributed by atoms with Gasteiger partial charge in [-0.05, 0) is 18.4 Å². The zero-order chi connectivity index (χ0) is 12.8. The van der Waals surface area contributed by atoms with Gasteiger partial charge in [-0.15, -0.1) is 12.4 Å². The lowest BCUT2D eigenvalue weighted by molar-refractivity contribution is -0.134. The molecule has 0 spiro atoms. The Morgan fingerprint density at radius 2 is 1.83 bits per heavy atom. The SMILES string of the molecule is CCN(Cc1ccccc1)C(=O)C(N)C(C)C.Cl. The molecule has 18 heavy (non-hydrogen) atoms. The molecule has 1 unspecified atom stereocenters. The van der Waals surface area contributed by atoms with Gasteiger partial charge in [0.05, 0.1) is 6.04 Å². The van der Waals surface area contributed by atoms with Crippen LogP contribution in [0.3, 0.4) is 0 Å². The van der Waals surface area contributed by atoms with Crippen LogP contribution in [0.25, 0.3) is 0 Å². The molecule has 1 aromatic carbocycles. The molecular formula is C14H23ClN2O. The van der Waals surface area contributed by atoms with Crippen LogP contribution in [0.1, 0.15) is 26.3 Å². The zero-order valence-electron chi connectivity index (χ0n) is 11.3. The lowest BCUT2D eigenvalue weighted by Gasteiger charge is -2.26. The van der Waals surface area contributed by atoms with Gasteiger partial charge in [0.25, 0.3) is 0 Å². The smallest absolute Gasteiger partial charge is 0.240 e. The Morgan fingerprint density at radius 1 is 1.28 bits per heavy atom. The molecular weight excluding hydrogens is 248 g/mol. The van der Waals surface area contributed by atoms with Gasteiger partial charge in [0.2, 0.25) is 5.91 Å². The third-order valence-corrected chi connectivity index (χ3v) is 2.91. The van der Waals surface area contributed by atoms with Crippen LogP contribution in [0.5, 0.6) is 0 Å². The van der Waals surface area contributed by atoms with Crippen LogP contribution in [0, 0.1) is 5.92 Å². The second-order valence-corrected chi connectivity index (χ2v) is 4.61. The van der Waals surface area contributed by atoms with Crippen molar-refractivity contribution in [3.63, 3.8) is 0 Å². The number of nitrogens with zero attached hydrogens (tertiary/aromatic N) is 1. The van der Waals surface area contributed by atoms with Crippen LogP contribution in [0.15, 0.2) is 30.3 Å². The van der Waals surface area contributed by atoms with Crippen molar-refractivity contribution in [1.29, 1.82) is 0 Å². The normalized spacial score (nSPS) is 11.8. The minimum atomic E-state index is -0.404. The summed E-state index contributed by atoms with van der Waals surface area (Å²) in [5, 5.41) is 0. The first-order valence-electron chi connectivity index (χ1n) is 6.14. The Labute approximate surface area is 116 Å². The fraction of sp³-hybridized carbons (Fsp3) is 0.500. The van der Waals surface area contributed by atoms with Crippen LogP contribution in [0.4, 0.5) is 0 Å². The number of carbonyl (C=O) groups excluding carboxylic acids is 1. The quantitative estimate of drug-likeness (QED) is 0.893. The summed E-state index contributed by atoms with van der Waals surface area (Å²) in [5.41, 5.74) is 7.04. The number of hydrogen-bond donors (Lipinski definition) is 1. The summed E-state index contributed by atoms with van der Waals surface area (Å²) < 4.78 is 0. The van der Waals surface area contributed by atoms with Crippen molar-refractivity contribution in [3.05, 3.63) is 35.9 Å². The molecule has 0 aromatic heterocycles. The maximum Gasteiger partial charge on any atom is 0.240 e. The number of nitrogens with two attached hydrogens (primary N) is 1. The largest absolute Gasteiger partial charge is 0.337 e. The fourth-order valence-corrected chi connectivity index (χ4v) is 1.65. The summed E-state index contributed by atoms with van der Waals surface area (Å²) in [6, 6.07) is 9.58. The Hall–Kier alpha value is -1.06. The lowest BCUT2D eigenvalue weighted by atomic mass is 10.0. The number of halogens is 1. The monoisotopic (exact) mass is 270 g/mol. The summed E-state index contributed by atoms with van der Waals surface area (Å²) in [6.45, 7) is 7.25. The van der Waals surface area contributed by atoms with Crippen molar-refractivity contribution < 1.29 is 4.79 Å². The fourth-order valence-electron chi connectivity index (χ4n) is 1.65. The standard InChI is InChI=1S/C14H22N2O.ClH/c1-4-16(14(17)13(15)11(2)3)10-12-8-6-5-7-9-12;/h5-9,11,13H,4,10,15H2,1-3H3;1H. The number of likely N-dealkylation sites (N-methyl/N-ethyl adjacent to an activating group) is 1. The van der Waals surface area contributed by atoms with E-state index in [1.165, 1.54) is 0 Å². The van der Waals surface area contributed by atoms with Crippen molar-refractivity contribution in [2.45, 2.75) is 33.4 Å². The second kappa shape index (κ2) is 8.11. The third kappa shape index (κ3) is 4.67. The Kier molecular flexibility index (Phi) is 7.64. The van der Waals surface area contributed by atoms with E-state index < -0.39 is 6.04 Å². The van der Waals surface area contributed by atoms with Gasteiger partial charge in [0, 0.05) is 13.1 Å². The summed E-state index contributed by atoms with van der Waals surface area (Å²) >= 11 is 0. The zero-order valence-corrected chi connectivity index (χ0v) is 12.1. The maximum absolute atomic E-state index is 12.1. The molecule has 0 bridgehead atoms. The van der Waals surface area contributed by atoms with E-state index in [2.05, 4.69) is 0 Å². The van der Waals surface area contributed by atoms with E-state index in [1.807, 2.05) is 51.1 Å². The highest BCUT2D eigenvalue weighted by Gasteiger charge is 2.22. The molecule has 0 saturated heterocycles. The molecule has 0 heterocycles. The molecule has 1 rings (SSSR count). The molecule has 0 saturated carbocycles. The number of benzene rings is 1. The van der Waals surface area contributed by atoms with Gasteiger partial charge in [-0.3, -0.25) is 4.79 Å². The van der Waals surface area contributed by atoms with Crippen LogP contribution < -0.4 is 5.73 Å². The third-order valence-electron chi connectivity index (χ3n) is 2.91. The summed E-state index contributed by atoms with van der Waals surface area (Å²) in [7, 11) is 0. The van der Waals surface area contributed by atoms with Gasteiger partial charge >= 0.3 is 0 Å². The molecule has 102 valence electrons. The molecule has 0 aliphatic carbocycles. The van der Waals surface area contributed by atoms with Gasteiger partial charge < -0.3 is 10.6 Å². The van der Waals surface area contributed by atoms with E-state index in [9.17, 15) is 4.79 Å². The molecule has 0 fully saturated rings. The van der Waals surface area contributed by atoms with Gasteiger partial charge in [-0.25, -0.2) is 0 Å². The van der Waals surface area contributed by atoms with Crippen molar-refractivity contribution in [1.82, 2.24) is 4.90 Å². The average molecular weight is 271 g/mol. The van der Waals surface area contributed by atoms with Gasteiger partial charge in [-0.1, -0.05) is 44.2 Å². The highest BCUT2D eigenvalue weighted by atomic mass is 35.5. The maximum atomic E-state index is 12.1. The molecule has 1 amide bonds. The number of hydrogen-bond acceptors (Lipinski definition) is 2. The summed E-state index contributed by atoms with van der Waals surface area (Å²) in [5.74, 6) is 0.207. The van der Waals surface area contributed by atoms with Crippen LogP contribution in [-0.4, -0.2) is 23.4 Å². The number of carbonyl (C=O) groups is 1. The second-order valence-electron chi connectivity index (χ2n) is 4.61. The molecule has 0 aliphatic rings. The average Bonchev–Trinajstić information content (AvgIpc) is 2.35. The van der Waals surface area contributed by atoms with Crippen LogP contribution in [0.2, 0.25) is 0 Å². The Balaban J connectivity index is 0.00000289. The van der Waals surface area contributed by atoms with Gasteiger partial charge in [0.15, 0.2) is 0 Å². The van der Waals surface area contributed by atoms with Crippen molar-refractivity contribution in [2.75, 3.05) is 6.54 Å². The first-order valence-corrected chi connectivity index (χ1v) is 6.14. The topological polar surface area (TPSA) is 46.3 Å². The van der Waals surface area contributed by atoms with Crippen LogP contribution >= 0.6 is 12.4 Å². The highest BCUT2D eigenvalue weighted by Crippen LogP contribution is 2.08. The Bertz CT molecular complexity index is 354. The first-order chi connectivity index (χ1) is 8.06. The minimum absolute atomic E-state index is 0. The summed E-state index contributed by atoms with van der Waals surface area (Å²) in [4.78, 5) is 13.9. The lowest BCUT2D eigenvalue weighted by Crippen LogP contribution is -2.46. The van der Waals surface area contributed by atoms with E-state index in [0.717, 1.165) is 5.56 Å². The van der Waals surface area contributed by atoms with E-state index in [-0.39, 0.29) is 24.2 Å². The van der Waals surface area contributed by atoms with Crippen molar-refractivity contribution in [3.8, 4) is 0 Å². The highest BCUT2D eigenvalue weighted by molar-refractivity contribution is 5.85. The van der Waals surface area contributed by atoms with Gasteiger partial charge in [0.1, 0.15) is 0 Å². The number of rotatable bonds is 5. The van der Waals surface area contributed by atoms with E-state index in [1.54, 1.807) is 4.90 Å². The molecule has 1 aromatic rings. The molecule has 0 radical (unpaired) electrons.